The highest BCUT2D eigenvalue weighted by molar-refractivity contribution is 5.93. The van der Waals surface area contributed by atoms with Crippen LogP contribution in [-0.4, -0.2) is 58.2 Å². The van der Waals surface area contributed by atoms with Gasteiger partial charge in [0.2, 0.25) is 11.8 Å². The number of aliphatic hydroxyl groups excluding tert-OH is 1. The molecule has 0 saturated heterocycles. The Labute approximate surface area is 203 Å². The molecule has 3 unspecified atom stereocenters. The summed E-state index contributed by atoms with van der Waals surface area (Å²) in [7, 11) is 0. The molecule has 1 aromatic carbocycles. The van der Waals surface area contributed by atoms with Crippen molar-refractivity contribution in [3.8, 4) is 0 Å². The van der Waals surface area contributed by atoms with Crippen molar-refractivity contribution in [2.45, 2.75) is 104 Å². The third kappa shape index (κ3) is 7.45. The SMILES string of the molecule is CCCC(C)NC(=O)C(c1cccc(C)c1C)N(C(=O)C(CO)NC(=O)OC(C)(C)C)C1CC1. The predicted octanol–water partition coefficient (Wildman–Crippen LogP) is 3.53. The normalized spacial score (nSPS) is 16.2. The molecule has 34 heavy (non-hydrogen) atoms. The van der Waals surface area contributed by atoms with E-state index in [0.717, 1.165) is 42.4 Å². The van der Waals surface area contributed by atoms with E-state index in [4.69, 9.17) is 4.74 Å². The number of alkyl carbamates (subject to hydrolysis) is 1. The zero-order valence-electron chi connectivity index (χ0n) is 21.6. The highest BCUT2D eigenvalue weighted by Crippen LogP contribution is 2.37. The highest BCUT2D eigenvalue weighted by atomic mass is 16.6. The summed E-state index contributed by atoms with van der Waals surface area (Å²) in [5.74, 6) is -0.760. The average molecular weight is 476 g/mol. The molecule has 0 radical (unpaired) electrons. The van der Waals surface area contributed by atoms with Gasteiger partial charge in [-0.1, -0.05) is 31.5 Å². The van der Waals surface area contributed by atoms with Crippen LogP contribution in [0.4, 0.5) is 4.79 Å². The Bertz CT molecular complexity index is 876. The van der Waals surface area contributed by atoms with Gasteiger partial charge in [-0.2, -0.15) is 0 Å². The van der Waals surface area contributed by atoms with Crippen molar-refractivity contribution in [2.75, 3.05) is 6.61 Å². The van der Waals surface area contributed by atoms with Crippen molar-refractivity contribution in [3.63, 3.8) is 0 Å². The molecule has 3 atom stereocenters. The lowest BCUT2D eigenvalue weighted by molar-refractivity contribution is -0.144. The Morgan fingerprint density at radius 3 is 2.35 bits per heavy atom. The third-order valence-electron chi connectivity index (χ3n) is 5.94. The summed E-state index contributed by atoms with van der Waals surface area (Å²) in [6, 6.07) is 3.45. The van der Waals surface area contributed by atoms with Gasteiger partial charge in [0.1, 0.15) is 17.7 Å². The van der Waals surface area contributed by atoms with Crippen molar-refractivity contribution in [2.24, 2.45) is 0 Å². The first-order valence-corrected chi connectivity index (χ1v) is 12.2. The fraction of sp³-hybridized carbons (Fsp3) is 0.654. The Hall–Kier alpha value is -2.61. The van der Waals surface area contributed by atoms with E-state index in [1.54, 1.807) is 25.7 Å². The van der Waals surface area contributed by atoms with Crippen LogP contribution in [0.1, 0.15) is 83.0 Å². The smallest absolute Gasteiger partial charge is 0.408 e. The number of aliphatic hydroxyl groups is 1. The number of aryl methyl sites for hydroxylation is 1. The fourth-order valence-electron chi connectivity index (χ4n) is 4.00. The van der Waals surface area contributed by atoms with Crippen LogP contribution < -0.4 is 10.6 Å². The molecule has 8 heteroatoms. The van der Waals surface area contributed by atoms with Crippen LogP contribution in [0.2, 0.25) is 0 Å². The van der Waals surface area contributed by atoms with E-state index in [9.17, 15) is 19.5 Å². The maximum atomic E-state index is 13.7. The van der Waals surface area contributed by atoms with Crippen molar-refractivity contribution in [1.29, 1.82) is 0 Å². The monoisotopic (exact) mass is 475 g/mol. The summed E-state index contributed by atoms with van der Waals surface area (Å²) in [6.45, 7) is 12.5. The maximum Gasteiger partial charge on any atom is 0.408 e. The Morgan fingerprint density at radius 2 is 1.82 bits per heavy atom. The number of amides is 3. The predicted molar refractivity (Wildman–Crippen MR) is 131 cm³/mol. The van der Waals surface area contributed by atoms with Gasteiger partial charge in [0, 0.05) is 12.1 Å². The van der Waals surface area contributed by atoms with Gasteiger partial charge in [-0.15, -0.1) is 0 Å². The number of carbonyl (C=O) groups is 3. The van der Waals surface area contributed by atoms with Gasteiger partial charge in [-0.05, 0) is 77.5 Å². The van der Waals surface area contributed by atoms with E-state index < -0.39 is 36.3 Å². The lowest BCUT2D eigenvalue weighted by atomic mass is 9.94. The molecule has 0 aliphatic heterocycles. The number of nitrogens with zero attached hydrogens (tertiary/aromatic N) is 1. The molecule has 1 fully saturated rings. The topological polar surface area (TPSA) is 108 Å². The number of hydrogen-bond donors (Lipinski definition) is 3. The lowest BCUT2D eigenvalue weighted by Gasteiger charge is -2.35. The molecule has 0 heterocycles. The molecule has 8 nitrogen and oxygen atoms in total. The molecular weight excluding hydrogens is 434 g/mol. The van der Waals surface area contributed by atoms with E-state index in [1.165, 1.54) is 0 Å². The largest absolute Gasteiger partial charge is 0.444 e. The Balaban J connectivity index is 2.43. The van der Waals surface area contributed by atoms with Crippen LogP contribution in [0.3, 0.4) is 0 Å². The maximum absolute atomic E-state index is 13.7. The molecule has 1 saturated carbocycles. The van der Waals surface area contributed by atoms with Crippen LogP contribution >= 0.6 is 0 Å². The minimum Gasteiger partial charge on any atom is -0.444 e. The molecular formula is C26H41N3O5. The second-order valence-electron chi connectivity index (χ2n) is 10.2. The molecule has 2 rings (SSSR count). The number of hydrogen-bond acceptors (Lipinski definition) is 5. The van der Waals surface area contributed by atoms with Gasteiger partial charge in [-0.3, -0.25) is 9.59 Å². The van der Waals surface area contributed by atoms with Gasteiger partial charge < -0.3 is 25.4 Å². The Kier molecular flexibility index (Phi) is 9.50. The summed E-state index contributed by atoms with van der Waals surface area (Å²) >= 11 is 0. The number of carbonyl (C=O) groups excluding carboxylic acids is 3. The number of nitrogens with one attached hydrogen (secondary N) is 2. The van der Waals surface area contributed by atoms with E-state index in [2.05, 4.69) is 17.6 Å². The molecule has 0 bridgehead atoms. The number of rotatable bonds is 10. The van der Waals surface area contributed by atoms with Crippen molar-refractivity contribution >= 4 is 17.9 Å². The zero-order valence-corrected chi connectivity index (χ0v) is 21.6. The average Bonchev–Trinajstić information content (AvgIpc) is 3.56. The highest BCUT2D eigenvalue weighted by Gasteiger charge is 2.44. The second-order valence-corrected chi connectivity index (χ2v) is 10.2. The summed E-state index contributed by atoms with van der Waals surface area (Å²) in [5.41, 5.74) is 1.95. The molecule has 3 N–H and O–H groups in total. The molecule has 3 amide bonds. The molecule has 1 aliphatic rings. The molecule has 1 aliphatic carbocycles. The minimum atomic E-state index is -1.22. The molecule has 0 spiro atoms. The molecule has 190 valence electrons. The Morgan fingerprint density at radius 1 is 1.18 bits per heavy atom. The first-order chi connectivity index (χ1) is 15.9. The van der Waals surface area contributed by atoms with Crippen LogP contribution in [0.15, 0.2) is 18.2 Å². The van der Waals surface area contributed by atoms with Gasteiger partial charge in [0.05, 0.1) is 6.61 Å². The first kappa shape index (κ1) is 27.6. The van der Waals surface area contributed by atoms with Crippen LogP contribution in [0.5, 0.6) is 0 Å². The zero-order chi connectivity index (χ0) is 25.6. The fourth-order valence-corrected chi connectivity index (χ4v) is 4.00. The van der Waals surface area contributed by atoms with E-state index in [-0.39, 0.29) is 18.0 Å². The van der Waals surface area contributed by atoms with Crippen molar-refractivity contribution < 1.29 is 24.2 Å². The third-order valence-corrected chi connectivity index (χ3v) is 5.94. The van der Waals surface area contributed by atoms with Crippen molar-refractivity contribution in [3.05, 3.63) is 34.9 Å². The van der Waals surface area contributed by atoms with Gasteiger partial charge in [-0.25, -0.2) is 4.79 Å². The molecule has 0 aromatic heterocycles. The van der Waals surface area contributed by atoms with E-state index in [1.807, 2.05) is 39.0 Å². The van der Waals surface area contributed by atoms with E-state index >= 15 is 0 Å². The minimum absolute atomic E-state index is 0.0465. The summed E-state index contributed by atoms with van der Waals surface area (Å²) in [4.78, 5) is 41.2. The summed E-state index contributed by atoms with van der Waals surface area (Å²) < 4.78 is 5.27. The standard InChI is InChI=1S/C26H41N3O5/c1-8-10-17(3)27-23(31)22(20-12-9-11-16(2)18(20)4)29(19-13-14-19)24(32)21(15-30)28-25(33)34-26(5,6)7/h9,11-12,17,19,21-22,30H,8,10,13-15H2,1-7H3,(H,27,31)(H,28,33). The first-order valence-electron chi connectivity index (χ1n) is 12.2. The molecule has 1 aromatic rings. The lowest BCUT2D eigenvalue weighted by Crippen LogP contribution is -2.55. The van der Waals surface area contributed by atoms with Gasteiger partial charge in [0.25, 0.3) is 0 Å². The summed E-state index contributed by atoms with van der Waals surface area (Å²) in [5, 5.41) is 15.5. The van der Waals surface area contributed by atoms with Gasteiger partial charge >= 0.3 is 6.09 Å². The van der Waals surface area contributed by atoms with Crippen molar-refractivity contribution in [1.82, 2.24) is 15.5 Å². The van der Waals surface area contributed by atoms with Crippen LogP contribution in [0, 0.1) is 13.8 Å². The number of ether oxygens (including phenoxy) is 1. The van der Waals surface area contributed by atoms with Crippen LogP contribution in [0.25, 0.3) is 0 Å². The second kappa shape index (κ2) is 11.7. The summed E-state index contributed by atoms with van der Waals surface area (Å²) in [6.07, 6.45) is 2.47. The quantitative estimate of drug-likeness (QED) is 0.480. The number of benzene rings is 1. The van der Waals surface area contributed by atoms with Crippen LogP contribution in [-0.2, 0) is 14.3 Å². The van der Waals surface area contributed by atoms with Gasteiger partial charge in [0.15, 0.2) is 0 Å². The van der Waals surface area contributed by atoms with E-state index in [0.29, 0.717) is 0 Å².